The number of aryl methyl sites for hydroxylation is 1. The second-order valence-corrected chi connectivity index (χ2v) is 8.52. The highest BCUT2D eigenvalue weighted by Gasteiger charge is 2.34. The summed E-state index contributed by atoms with van der Waals surface area (Å²) in [6.45, 7) is 0.362. The van der Waals surface area contributed by atoms with Crippen LogP contribution in [0, 0.1) is 0 Å². The highest BCUT2D eigenvalue weighted by molar-refractivity contribution is 8.18. The van der Waals surface area contributed by atoms with Crippen LogP contribution in [0.25, 0.3) is 17.0 Å². The highest BCUT2D eigenvalue weighted by atomic mass is 35.5. The van der Waals surface area contributed by atoms with E-state index in [1.54, 1.807) is 30.3 Å². The van der Waals surface area contributed by atoms with E-state index in [4.69, 9.17) is 11.6 Å². The van der Waals surface area contributed by atoms with E-state index in [0.29, 0.717) is 22.8 Å². The van der Waals surface area contributed by atoms with E-state index in [0.717, 1.165) is 38.7 Å². The summed E-state index contributed by atoms with van der Waals surface area (Å²) in [5, 5.41) is 4.17. The molecule has 0 spiro atoms. The Hall–Kier alpha value is -3.03. The van der Waals surface area contributed by atoms with Crippen molar-refractivity contribution < 1.29 is 14.4 Å². The van der Waals surface area contributed by atoms with Crippen LogP contribution in [0.1, 0.15) is 17.5 Å². The van der Waals surface area contributed by atoms with E-state index >= 15 is 0 Å². The predicted molar refractivity (Wildman–Crippen MR) is 124 cm³/mol. The number of nitrogens with one attached hydrogen (secondary N) is 2. The average molecular weight is 454 g/mol. The summed E-state index contributed by atoms with van der Waals surface area (Å²) in [5.41, 5.74) is 2.92. The second-order valence-electron chi connectivity index (χ2n) is 7.09. The first-order chi connectivity index (χ1) is 15.0. The number of thioether (sulfide) groups is 1. The molecule has 158 valence electrons. The van der Waals surface area contributed by atoms with Crippen LogP contribution in [0.2, 0.25) is 5.02 Å². The van der Waals surface area contributed by atoms with Gasteiger partial charge < -0.3 is 10.3 Å². The fraction of sp³-hybridized carbons (Fsp3) is 0.174. The van der Waals surface area contributed by atoms with Crippen molar-refractivity contribution in [3.63, 3.8) is 0 Å². The Morgan fingerprint density at radius 2 is 1.90 bits per heavy atom. The SMILES string of the molecule is O=C(CCc1c[nH]c2ccccc12)NCCN1C(=O)S/C(=C\c2ccc(Cl)cc2)C1=O. The van der Waals surface area contributed by atoms with Crippen molar-refractivity contribution in [2.24, 2.45) is 0 Å². The molecule has 8 heteroatoms. The first kappa shape index (κ1) is 21.2. The molecule has 1 fully saturated rings. The van der Waals surface area contributed by atoms with Crippen LogP contribution in [0.4, 0.5) is 4.79 Å². The number of hydrogen-bond acceptors (Lipinski definition) is 4. The standard InChI is InChI=1S/C23H20ClN3O3S/c24-17-8-5-15(6-9-17)13-20-22(29)27(23(30)31-20)12-11-25-21(28)10-7-16-14-26-19-4-2-1-3-18(16)19/h1-6,8-9,13-14,26H,7,10-12H2,(H,25,28)/b20-13-. The van der Waals surface area contributed by atoms with Gasteiger partial charge in [0.1, 0.15) is 0 Å². The molecule has 0 bridgehead atoms. The Morgan fingerprint density at radius 1 is 1.13 bits per heavy atom. The first-order valence-electron chi connectivity index (χ1n) is 9.84. The number of aromatic amines is 1. The minimum Gasteiger partial charge on any atom is -0.361 e. The molecule has 1 aromatic heterocycles. The lowest BCUT2D eigenvalue weighted by atomic mass is 10.1. The molecule has 2 heterocycles. The summed E-state index contributed by atoms with van der Waals surface area (Å²) in [5.74, 6) is -0.466. The van der Waals surface area contributed by atoms with Gasteiger partial charge in [-0.3, -0.25) is 19.3 Å². The van der Waals surface area contributed by atoms with Crippen molar-refractivity contribution in [3.05, 3.63) is 75.8 Å². The fourth-order valence-corrected chi connectivity index (χ4v) is 4.38. The molecule has 0 unspecified atom stereocenters. The average Bonchev–Trinajstić information content (AvgIpc) is 3.29. The molecule has 1 aliphatic rings. The Kier molecular flexibility index (Phi) is 6.44. The molecule has 6 nitrogen and oxygen atoms in total. The van der Waals surface area contributed by atoms with Gasteiger partial charge in [-0.25, -0.2) is 0 Å². The molecule has 0 aliphatic carbocycles. The molecule has 0 radical (unpaired) electrons. The van der Waals surface area contributed by atoms with E-state index in [1.807, 2.05) is 30.5 Å². The van der Waals surface area contributed by atoms with Crippen LogP contribution in [0.3, 0.4) is 0 Å². The van der Waals surface area contributed by atoms with Crippen molar-refractivity contribution >= 4 is 57.4 Å². The summed E-state index contributed by atoms with van der Waals surface area (Å²) in [6, 6.07) is 15.0. The third-order valence-corrected chi connectivity index (χ3v) is 6.15. The fourth-order valence-electron chi connectivity index (χ4n) is 3.39. The number of carbonyl (C=O) groups is 3. The van der Waals surface area contributed by atoms with Gasteiger partial charge in [0, 0.05) is 41.6 Å². The van der Waals surface area contributed by atoms with Gasteiger partial charge in [0.2, 0.25) is 5.91 Å². The maximum atomic E-state index is 12.5. The number of halogens is 1. The van der Waals surface area contributed by atoms with Crippen molar-refractivity contribution in [2.75, 3.05) is 13.1 Å². The summed E-state index contributed by atoms with van der Waals surface area (Å²) in [7, 11) is 0. The summed E-state index contributed by atoms with van der Waals surface area (Å²) in [4.78, 5) is 41.7. The van der Waals surface area contributed by atoms with Gasteiger partial charge in [-0.15, -0.1) is 0 Å². The van der Waals surface area contributed by atoms with Crippen molar-refractivity contribution in [3.8, 4) is 0 Å². The van der Waals surface area contributed by atoms with E-state index in [2.05, 4.69) is 10.3 Å². The summed E-state index contributed by atoms with van der Waals surface area (Å²) < 4.78 is 0. The van der Waals surface area contributed by atoms with Crippen LogP contribution in [-0.4, -0.2) is 40.0 Å². The van der Waals surface area contributed by atoms with Crippen molar-refractivity contribution in [1.82, 2.24) is 15.2 Å². The third-order valence-electron chi connectivity index (χ3n) is 5.00. The smallest absolute Gasteiger partial charge is 0.293 e. The summed E-state index contributed by atoms with van der Waals surface area (Å²) >= 11 is 6.77. The highest BCUT2D eigenvalue weighted by Crippen LogP contribution is 2.32. The Bertz CT molecular complexity index is 1170. The molecule has 1 saturated heterocycles. The van der Waals surface area contributed by atoms with Gasteiger partial charge in [0.05, 0.1) is 4.91 Å². The number of hydrogen-bond donors (Lipinski definition) is 2. The van der Waals surface area contributed by atoms with Crippen LogP contribution >= 0.6 is 23.4 Å². The number of carbonyl (C=O) groups excluding carboxylic acids is 3. The minimum atomic E-state index is -0.349. The summed E-state index contributed by atoms with van der Waals surface area (Å²) in [6.07, 6.45) is 4.54. The molecular weight excluding hydrogens is 434 g/mol. The number of aromatic nitrogens is 1. The molecule has 2 N–H and O–H groups in total. The van der Waals surface area contributed by atoms with E-state index in [-0.39, 0.29) is 30.1 Å². The lowest BCUT2D eigenvalue weighted by Crippen LogP contribution is -2.37. The molecule has 3 amide bonds. The number of fused-ring (bicyclic) bond motifs is 1. The largest absolute Gasteiger partial charge is 0.361 e. The normalized spacial score (nSPS) is 15.3. The van der Waals surface area contributed by atoms with Crippen LogP contribution in [0.5, 0.6) is 0 Å². The van der Waals surface area contributed by atoms with Crippen molar-refractivity contribution in [2.45, 2.75) is 12.8 Å². The number of benzene rings is 2. The lowest BCUT2D eigenvalue weighted by molar-refractivity contribution is -0.124. The molecule has 4 rings (SSSR count). The van der Waals surface area contributed by atoms with Gasteiger partial charge in [-0.2, -0.15) is 0 Å². The Balaban J connectivity index is 1.27. The van der Waals surface area contributed by atoms with Gasteiger partial charge in [0.15, 0.2) is 0 Å². The van der Waals surface area contributed by atoms with Gasteiger partial charge in [-0.05, 0) is 53.6 Å². The van der Waals surface area contributed by atoms with Crippen molar-refractivity contribution in [1.29, 1.82) is 0 Å². The molecule has 2 aromatic carbocycles. The number of amides is 3. The Morgan fingerprint density at radius 3 is 2.71 bits per heavy atom. The maximum Gasteiger partial charge on any atom is 0.293 e. The number of nitrogens with zero attached hydrogens (tertiary/aromatic N) is 1. The molecule has 0 atom stereocenters. The first-order valence-corrected chi connectivity index (χ1v) is 11.0. The number of H-pyrrole nitrogens is 1. The second kappa shape index (κ2) is 9.41. The number of para-hydroxylation sites is 1. The van der Waals surface area contributed by atoms with Gasteiger partial charge in [0.25, 0.3) is 11.1 Å². The predicted octanol–water partition coefficient (Wildman–Crippen LogP) is 4.61. The van der Waals surface area contributed by atoms with Crippen LogP contribution in [-0.2, 0) is 16.0 Å². The zero-order chi connectivity index (χ0) is 21.8. The van der Waals surface area contributed by atoms with E-state index < -0.39 is 0 Å². The van der Waals surface area contributed by atoms with E-state index in [9.17, 15) is 14.4 Å². The monoisotopic (exact) mass is 453 g/mol. The quantitative estimate of drug-likeness (QED) is 0.512. The molecule has 0 saturated carbocycles. The molecule has 31 heavy (non-hydrogen) atoms. The van der Waals surface area contributed by atoms with Crippen LogP contribution < -0.4 is 5.32 Å². The lowest BCUT2D eigenvalue weighted by Gasteiger charge is -2.13. The Labute approximate surface area is 188 Å². The minimum absolute atomic E-state index is 0.117. The van der Waals surface area contributed by atoms with E-state index in [1.165, 1.54) is 0 Å². The third kappa shape index (κ3) is 5.00. The zero-order valence-electron chi connectivity index (χ0n) is 16.6. The zero-order valence-corrected chi connectivity index (χ0v) is 18.1. The molecular formula is C23H20ClN3O3S. The maximum absolute atomic E-state index is 12.5. The van der Waals surface area contributed by atoms with Gasteiger partial charge in [-0.1, -0.05) is 41.9 Å². The van der Waals surface area contributed by atoms with Gasteiger partial charge >= 0.3 is 0 Å². The molecule has 3 aromatic rings. The van der Waals surface area contributed by atoms with Crippen LogP contribution in [0.15, 0.2) is 59.6 Å². The molecule has 1 aliphatic heterocycles. The number of imide groups is 1. The topological polar surface area (TPSA) is 82.3 Å². The number of rotatable bonds is 7.